The number of carbonyl (C=O) groups excluding carboxylic acids is 4. The van der Waals surface area contributed by atoms with Crippen molar-refractivity contribution >= 4 is 172 Å². The summed E-state index contributed by atoms with van der Waals surface area (Å²) in [5.74, 6) is 0.236. The minimum atomic E-state index is -2.14. The maximum Gasteiger partial charge on any atom is 0.341 e. The Kier molecular flexibility index (Phi) is 13.9. The highest BCUT2D eigenvalue weighted by atomic mass is 32.2. The third-order valence-corrected chi connectivity index (χ3v) is 27.9. The second-order valence-corrected chi connectivity index (χ2v) is 33.5. The van der Waals surface area contributed by atoms with Crippen molar-refractivity contribution in [1.29, 1.82) is 0 Å². The molecule has 8 N–H and O–H groups in total. The Balaban J connectivity index is 0.000000103. The first-order valence-electron chi connectivity index (χ1n) is 38.6. The van der Waals surface area contributed by atoms with Crippen molar-refractivity contribution < 1.29 is 63.7 Å². The number of aromatic nitrogens is 6. The van der Waals surface area contributed by atoms with Crippen LogP contribution >= 0.6 is 11.8 Å². The van der Waals surface area contributed by atoms with Crippen molar-refractivity contribution in [1.82, 2.24) is 43.4 Å². The number of rotatable bonds is 9. The molecule has 0 spiro atoms. The van der Waals surface area contributed by atoms with Gasteiger partial charge in [0, 0.05) is 139 Å². The highest BCUT2D eigenvalue weighted by Gasteiger charge is 2.67. The summed E-state index contributed by atoms with van der Waals surface area (Å²) in [6, 6.07) is 45.0. The van der Waals surface area contributed by atoms with Crippen LogP contribution in [-0.2, 0) is 66.1 Å². The number of hydrogen-bond donors (Lipinski definition) is 8. The molecule has 6 aromatic heterocycles. The van der Waals surface area contributed by atoms with E-state index in [2.05, 4.69) is 86.8 Å². The van der Waals surface area contributed by atoms with Crippen LogP contribution in [0.3, 0.4) is 0 Å². The van der Waals surface area contributed by atoms with E-state index < -0.39 is 52.7 Å². The quantitative estimate of drug-likeness (QED) is 0.0667. The number of carboxylic acids is 1. The number of carbonyl (C=O) groups is 5. The summed E-state index contributed by atoms with van der Waals surface area (Å²) in [7, 11) is 1.98. The molecule has 10 atom stereocenters. The Morgan fingerprint density at radius 3 is 1.58 bits per heavy atom. The van der Waals surface area contributed by atoms with Crippen LogP contribution < -0.4 is 16.0 Å². The van der Waals surface area contributed by atoms with E-state index in [0.29, 0.717) is 32.2 Å². The average Bonchev–Trinajstić information content (AvgIpc) is 1.48. The molecule has 2 aliphatic carbocycles. The van der Waals surface area contributed by atoms with Gasteiger partial charge in [0.15, 0.2) is 34.3 Å². The molecular formula is C88H79N9O13S. The Bertz CT molecular complexity index is 6870. The summed E-state index contributed by atoms with van der Waals surface area (Å²) in [5, 5.41) is 75.6. The number of aryl methyl sites for hydroxylation is 3. The largest absolute Gasteiger partial charge is 0.479 e. The molecule has 3 fully saturated rings. The zero-order valence-electron chi connectivity index (χ0n) is 61.9. The minimum Gasteiger partial charge on any atom is -0.479 e. The van der Waals surface area contributed by atoms with Crippen molar-refractivity contribution in [2.45, 2.75) is 145 Å². The number of hydrogen-bond acceptors (Lipinski definition) is 14. The molecule has 22 nitrogen and oxygen atoms in total. The Labute approximate surface area is 636 Å². The number of nitrogens with zero attached hydrogens (tertiary/aromatic N) is 6. The van der Waals surface area contributed by atoms with E-state index >= 15 is 0 Å². The van der Waals surface area contributed by atoms with E-state index in [1.54, 1.807) is 13.8 Å². The standard InChI is InChI=1S/C32H34N4O3S.C29H25N3O5.C27H20N2O5/c1-5-40-15-17-7-9-23-19(11-17)27-28-20(13-34-31(28)38)26-18-10-16(2)6-8-24(18)36-30(26)29(27)35(23)25-12-22(33-4)21(14-37)32(36,3)39-25;1-28-29(36,27(35)30-12-13-33)14-21(37-28)31-18-8-4-2-6-15(18)24-23-17(10-11-20(23)34)22-16-7-3-5-9-19(16)32(28)26(22)25(24)31;1-26-27(33,25(31)32)12-19(34-26)28-16-8-4-2-6-13(16)22-21-15(10-11-18(21)30)20-14-7-3-5-9-17(14)29(26)24(20)23(22)28/h6-11,21-22,25,33,37H,5,12-15H2,1-4H3,(H,34,38);2-9,21,33,36H,10-14H2,1H3,(H,30,35);2-9,19,33H,10-12H2,1H3,(H,31,32)/t21-,22+,25?,32?;21-,28+,29+;19?,26?,27-/m110/s1. The Hall–Kier alpha value is -10.4. The molecule has 9 aromatic carbocycles. The fraction of sp³-hybridized carbons (Fsp3) is 0.330. The molecule has 3 saturated heterocycles. The topological polar surface area (TPSA) is 280 Å². The van der Waals surface area contributed by atoms with Gasteiger partial charge in [-0.15, -0.1) is 0 Å². The molecule has 23 heteroatoms. The van der Waals surface area contributed by atoms with Crippen LogP contribution in [0.1, 0.15) is 137 Å². The van der Waals surface area contributed by atoms with Crippen LogP contribution in [0.4, 0.5) is 0 Å². The highest BCUT2D eigenvalue weighted by molar-refractivity contribution is 7.98. The molecule has 13 heterocycles. The number of nitrogens with one attached hydrogen (secondary N) is 3. The van der Waals surface area contributed by atoms with Crippen molar-refractivity contribution in [2.75, 3.05) is 32.6 Å². The van der Waals surface area contributed by atoms with Crippen molar-refractivity contribution in [3.05, 3.63) is 178 Å². The lowest BCUT2D eigenvalue weighted by atomic mass is 9.84. The van der Waals surface area contributed by atoms with Gasteiger partial charge in [0.2, 0.25) is 5.60 Å². The number of Topliss-reactive ketones (excluding diaryl/α,β-unsaturated/α-hetero) is 2. The maximum atomic E-state index is 13.6. The normalized spacial score (nSPS) is 26.3. The second kappa shape index (κ2) is 22.9. The molecule has 6 bridgehead atoms. The Morgan fingerprint density at radius 2 is 1.03 bits per heavy atom. The van der Waals surface area contributed by atoms with Gasteiger partial charge in [-0.2, -0.15) is 11.8 Å². The summed E-state index contributed by atoms with van der Waals surface area (Å²) >= 11 is 1.91. The van der Waals surface area contributed by atoms with Gasteiger partial charge in [-0.25, -0.2) is 4.79 Å². The number of fused-ring (bicyclic) bond motifs is 39. The molecule has 7 aliphatic heterocycles. The first-order valence-corrected chi connectivity index (χ1v) is 39.7. The molecule has 24 rings (SSSR count). The number of aliphatic hydroxyl groups excluding tert-OH is 2. The van der Waals surface area contributed by atoms with Gasteiger partial charge in [-0.1, -0.05) is 97.4 Å². The van der Waals surface area contributed by atoms with Gasteiger partial charge in [0.1, 0.15) is 18.7 Å². The second-order valence-electron chi connectivity index (χ2n) is 32.2. The van der Waals surface area contributed by atoms with Gasteiger partial charge in [0.05, 0.1) is 85.0 Å². The number of benzene rings is 9. The van der Waals surface area contributed by atoms with Gasteiger partial charge < -0.3 is 83.1 Å². The molecule has 111 heavy (non-hydrogen) atoms. The lowest BCUT2D eigenvalue weighted by molar-refractivity contribution is -0.234. The minimum absolute atomic E-state index is 0.00137. The summed E-state index contributed by atoms with van der Waals surface area (Å²) < 4.78 is 33.2. The number of ketones is 2. The van der Waals surface area contributed by atoms with Gasteiger partial charge in [-0.05, 0) is 124 Å². The summed E-state index contributed by atoms with van der Waals surface area (Å²) in [5.41, 5.74) is 11.3. The lowest BCUT2D eigenvalue weighted by Gasteiger charge is -2.48. The number of thioether (sulfide) groups is 1. The van der Waals surface area contributed by atoms with Crippen LogP contribution in [0.5, 0.6) is 0 Å². The summed E-state index contributed by atoms with van der Waals surface area (Å²) in [6.45, 7) is 10.2. The van der Waals surface area contributed by atoms with Crippen LogP contribution in [0.25, 0.3) is 131 Å². The van der Waals surface area contributed by atoms with Gasteiger partial charge in [0.25, 0.3) is 11.8 Å². The third-order valence-electron chi connectivity index (χ3n) is 26.9. The van der Waals surface area contributed by atoms with E-state index in [1.165, 1.54) is 11.1 Å². The molecule has 9 aliphatic rings. The number of carboxylic acid groups (broad SMARTS) is 1. The van der Waals surface area contributed by atoms with Crippen LogP contribution in [0.2, 0.25) is 0 Å². The van der Waals surface area contributed by atoms with Crippen LogP contribution in [-0.4, -0.2) is 132 Å². The maximum absolute atomic E-state index is 13.6. The molecular weight excluding hydrogens is 1420 g/mol. The molecule has 0 saturated carbocycles. The van der Waals surface area contributed by atoms with E-state index in [4.69, 9.17) is 14.2 Å². The molecule has 4 unspecified atom stereocenters. The SMILES string of the molecule is CC12OC(C[C@]1(O)C(=O)O)n1c3ccccc3c3c4c(c5c6ccccc6n2c5c31)CCC4=O.CCSCc1ccc2c(c1)c1c3c(c4c5cc(C)ccc5n5c4c1n2C1C[C@H](NC)[C@@H](CO)C5(C)O1)CNC3=O.C[C@]12O[C@H](C[C@]1(O)C(=O)NCCO)n1c3ccccc3c3c4c(c5c6ccccc6n2c5c31)CCC4=O. The van der Waals surface area contributed by atoms with Crippen LogP contribution in [0, 0.1) is 12.8 Å². The molecule has 560 valence electrons. The lowest BCUT2D eigenvalue weighted by Crippen LogP contribution is -2.59. The predicted octanol–water partition coefficient (Wildman–Crippen LogP) is 13.4. The molecule has 0 radical (unpaired) electrons. The number of amides is 2. The van der Waals surface area contributed by atoms with Crippen molar-refractivity contribution in [3.8, 4) is 0 Å². The zero-order chi connectivity index (χ0) is 75.9. The highest BCUT2D eigenvalue weighted by Crippen LogP contribution is 2.62. The zero-order valence-corrected chi connectivity index (χ0v) is 62.7. The monoisotopic (exact) mass is 1500 g/mol. The molecule has 2 amide bonds. The third kappa shape index (κ3) is 8.12. The van der Waals surface area contributed by atoms with E-state index in [9.17, 15) is 49.5 Å². The summed E-state index contributed by atoms with van der Waals surface area (Å²) in [6.07, 6.45) is 1.24. The van der Waals surface area contributed by atoms with E-state index in [-0.39, 0.29) is 68.3 Å². The van der Waals surface area contributed by atoms with E-state index in [0.717, 1.165) is 182 Å². The summed E-state index contributed by atoms with van der Waals surface area (Å²) in [4.78, 5) is 66.4. The molecule has 15 aromatic rings. The van der Waals surface area contributed by atoms with Gasteiger partial charge in [-0.3, -0.25) is 19.2 Å². The fourth-order valence-electron chi connectivity index (χ4n) is 22.2. The average molecular weight is 1500 g/mol. The number of aliphatic carboxylic acids is 1. The van der Waals surface area contributed by atoms with E-state index in [1.807, 2.05) is 130 Å². The Morgan fingerprint density at radius 1 is 0.550 bits per heavy atom. The fourth-order valence-corrected chi connectivity index (χ4v) is 22.9. The smallest absolute Gasteiger partial charge is 0.341 e. The van der Waals surface area contributed by atoms with Gasteiger partial charge >= 0.3 is 5.97 Å². The van der Waals surface area contributed by atoms with Crippen molar-refractivity contribution in [2.24, 2.45) is 5.92 Å². The van der Waals surface area contributed by atoms with Crippen molar-refractivity contribution in [3.63, 3.8) is 0 Å². The van der Waals surface area contributed by atoms with Crippen LogP contribution in [0.15, 0.2) is 133 Å². The number of para-hydroxylation sites is 4. The number of ether oxygens (including phenoxy) is 3. The number of aliphatic hydroxyl groups is 4. The predicted molar refractivity (Wildman–Crippen MR) is 427 cm³/mol. The first-order chi connectivity index (χ1) is 53.7. The first kappa shape index (κ1) is 67.5.